The number of hydrogen-bond donors (Lipinski definition) is 0. The van der Waals surface area contributed by atoms with Crippen LogP contribution in [0.1, 0.15) is 0 Å². The molecular weight excluding hydrogens is 757 g/mol. The van der Waals surface area contributed by atoms with Gasteiger partial charge in [-0.3, -0.25) is 0 Å². The SMILES string of the molecule is c1ccc(-c2ccc(-c3nc(-c4ccc(-c5ccccc5)cc4)nc(-c4ccc(-c5nc(-c6ccccc6)c6ccc7ccc(-c8ccccc8)nc7c6n5)cc4)n3)cc2)cc1. The lowest BCUT2D eigenvalue weighted by Gasteiger charge is -2.12. The summed E-state index contributed by atoms with van der Waals surface area (Å²) in [6.07, 6.45) is 0. The number of pyridine rings is 1. The van der Waals surface area contributed by atoms with Crippen LogP contribution in [0.5, 0.6) is 0 Å². The summed E-state index contributed by atoms with van der Waals surface area (Å²) >= 11 is 0. The van der Waals surface area contributed by atoms with E-state index in [0.717, 1.165) is 88.8 Å². The van der Waals surface area contributed by atoms with E-state index >= 15 is 0 Å². The maximum absolute atomic E-state index is 5.25. The van der Waals surface area contributed by atoms with E-state index in [2.05, 4.69) is 146 Å². The Kier molecular flexibility index (Phi) is 9.41. The van der Waals surface area contributed by atoms with Crippen LogP contribution in [0.3, 0.4) is 0 Å². The first-order chi connectivity index (χ1) is 30.7. The fraction of sp³-hybridized carbons (Fsp3) is 0. The number of rotatable bonds is 8. The van der Waals surface area contributed by atoms with Crippen molar-refractivity contribution in [3.63, 3.8) is 0 Å². The average Bonchev–Trinajstić information content (AvgIpc) is 3.37. The van der Waals surface area contributed by atoms with Crippen molar-refractivity contribution in [2.24, 2.45) is 0 Å². The van der Waals surface area contributed by atoms with Gasteiger partial charge in [0, 0.05) is 44.2 Å². The highest BCUT2D eigenvalue weighted by Crippen LogP contribution is 2.35. The third-order valence-electron chi connectivity index (χ3n) is 11.2. The fourth-order valence-corrected chi connectivity index (χ4v) is 7.91. The molecule has 0 amide bonds. The van der Waals surface area contributed by atoms with Crippen LogP contribution in [0.15, 0.2) is 218 Å². The molecule has 290 valence electrons. The number of fused-ring (bicyclic) bond motifs is 3. The van der Waals surface area contributed by atoms with E-state index in [-0.39, 0.29) is 0 Å². The van der Waals surface area contributed by atoms with Crippen LogP contribution in [0.2, 0.25) is 0 Å². The molecule has 0 fully saturated rings. The molecule has 0 saturated heterocycles. The minimum Gasteiger partial charge on any atom is -0.245 e. The lowest BCUT2D eigenvalue weighted by atomic mass is 10.0. The molecule has 6 nitrogen and oxygen atoms in total. The molecule has 3 heterocycles. The summed E-state index contributed by atoms with van der Waals surface area (Å²) in [4.78, 5) is 30.8. The van der Waals surface area contributed by atoms with Crippen LogP contribution < -0.4 is 0 Å². The van der Waals surface area contributed by atoms with Crippen LogP contribution >= 0.6 is 0 Å². The van der Waals surface area contributed by atoms with Gasteiger partial charge in [0.2, 0.25) is 0 Å². The minimum atomic E-state index is 0.573. The molecule has 0 aliphatic heterocycles. The highest BCUT2D eigenvalue weighted by molar-refractivity contribution is 6.08. The summed E-state index contributed by atoms with van der Waals surface area (Å²) in [5, 5.41) is 1.96. The monoisotopic (exact) mass is 792 g/mol. The van der Waals surface area contributed by atoms with Crippen molar-refractivity contribution in [2.45, 2.75) is 0 Å². The lowest BCUT2D eigenvalue weighted by Crippen LogP contribution is -2.00. The zero-order valence-corrected chi connectivity index (χ0v) is 33.5. The van der Waals surface area contributed by atoms with Crippen LogP contribution in [0.25, 0.3) is 112 Å². The van der Waals surface area contributed by atoms with E-state index in [1.54, 1.807) is 0 Å². The zero-order chi connectivity index (χ0) is 41.2. The van der Waals surface area contributed by atoms with Crippen LogP contribution in [0, 0.1) is 0 Å². The Labute approximate surface area is 359 Å². The van der Waals surface area contributed by atoms with Crippen LogP contribution in [-0.4, -0.2) is 29.9 Å². The molecule has 3 aromatic heterocycles. The molecule has 0 aliphatic carbocycles. The Morgan fingerprint density at radius 3 is 1.02 bits per heavy atom. The van der Waals surface area contributed by atoms with E-state index in [4.69, 9.17) is 29.9 Å². The van der Waals surface area contributed by atoms with Crippen molar-refractivity contribution in [3.05, 3.63) is 218 Å². The summed E-state index contributed by atoms with van der Waals surface area (Å²) in [5.41, 5.74) is 13.5. The summed E-state index contributed by atoms with van der Waals surface area (Å²) in [7, 11) is 0. The van der Waals surface area contributed by atoms with Gasteiger partial charge in [0.15, 0.2) is 23.3 Å². The largest absolute Gasteiger partial charge is 0.245 e. The van der Waals surface area contributed by atoms with E-state index in [9.17, 15) is 0 Å². The molecule has 0 radical (unpaired) electrons. The normalized spacial score (nSPS) is 11.2. The van der Waals surface area contributed by atoms with Gasteiger partial charge in [-0.15, -0.1) is 0 Å². The standard InChI is InChI=1S/C56H36N6/c1-5-13-37(14-6-1)39-21-25-45(26-22-39)54-60-55(46-27-23-40(24-28-46)38-15-7-2-8-16-38)62-56(61-54)47-31-29-44(30-32-47)53-58-50(42-19-11-4-12-20-42)48-35-33-43-34-36-49(41-17-9-3-10-18-41)57-51(43)52(48)59-53/h1-36H. The quantitative estimate of drug-likeness (QED) is 0.143. The molecule has 8 aromatic carbocycles. The molecule has 0 unspecified atom stereocenters. The smallest absolute Gasteiger partial charge is 0.164 e. The Balaban J connectivity index is 1.01. The van der Waals surface area contributed by atoms with Crippen molar-refractivity contribution < 1.29 is 0 Å². The highest BCUT2D eigenvalue weighted by atomic mass is 15.0. The first-order valence-electron chi connectivity index (χ1n) is 20.6. The molecule has 0 spiro atoms. The number of benzene rings is 8. The lowest BCUT2D eigenvalue weighted by molar-refractivity contribution is 1.07. The predicted octanol–water partition coefficient (Wildman–Crippen LogP) is 13.7. The van der Waals surface area contributed by atoms with E-state index < -0.39 is 0 Å². The Bertz CT molecular complexity index is 3240. The summed E-state index contributed by atoms with van der Waals surface area (Å²) in [6, 6.07) is 74.6. The fourth-order valence-electron chi connectivity index (χ4n) is 7.91. The van der Waals surface area contributed by atoms with Crippen LogP contribution in [0.4, 0.5) is 0 Å². The first kappa shape index (κ1) is 36.6. The minimum absolute atomic E-state index is 0.573. The molecule has 11 rings (SSSR count). The highest BCUT2D eigenvalue weighted by Gasteiger charge is 2.17. The van der Waals surface area contributed by atoms with E-state index in [1.807, 2.05) is 72.8 Å². The van der Waals surface area contributed by atoms with Crippen LogP contribution in [-0.2, 0) is 0 Å². The Morgan fingerprint density at radius 1 is 0.210 bits per heavy atom. The van der Waals surface area contributed by atoms with Crippen molar-refractivity contribution in [1.29, 1.82) is 0 Å². The van der Waals surface area contributed by atoms with Crippen molar-refractivity contribution in [2.75, 3.05) is 0 Å². The van der Waals surface area contributed by atoms with Gasteiger partial charge < -0.3 is 0 Å². The summed E-state index contributed by atoms with van der Waals surface area (Å²) in [6.45, 7) is 0. The molecule has 0 N–H and O–H groups in total. The third kappa shape index (κ3) is 7.16. The zero-order valence-electron chi connectivity index (χ0n) is 33.5. The first-order valence-corrected chi connectivity index (χ1v) is 20.6. The molecule has 0 aliphatic rings. The second kappa shape index (κ2) is 15.9. The molecule has 62 heavy (non-hydrogen) atoms. The summed E-state index contributed by atoms with van der Waals surface area (Å²) < 4.78 is 0. The molecule has 11 aromatic rings. The molecule has 0 bridgehead atoms. The van der Waals surface area contributed by atoms with Gasteiger partial charge in [0.25, 0.3) is 0 Å². The van der Waals surface area contributed by atoms with Gasteiger partial charge in [-0.05, 0) is 34.4 Å². The topological polar surface area (TPSA) is 77.3 Å². The van der Waals surface area contributed by atoms with Crippen molar-refractivity contribution in [3.8, 4) is 90.3 Å². The average molecular weight is 793 g/mol. The van der Waals surface area contributed by atoms with Gasteiger partial charge in [-0.25, -0.2) is 29.9 Å². The molecule has 0 atom stereocenters. The van der Waals surface area contributed by atoms with Gasteiger partial charge in [-0.1, -0.05) is 206 Å². The van der Waals surface area contributed by atoms with E-state index in [1.165, 1.54) is 0 Å². The number of hydrogen-bond acceptors (Lipinski definition) is 6. The van der Waals surface area contributed by atoms with E-state index in [0.29, 0.717) is 23.3 Å². The molecular formula is C56H36N6. The maximum Gasteiger partial charge on any atom is 0.164 e. The predicted molar refractivity (Wildman–Crippen MR) is 252 cm³/mol. The number of aromatic nitrogens is 6. The summed E-state index contributed by atoms with van der Waals surface area (Å²) in [5.74, 6) is 2.38. The number of nitrogens with zero attached hydrogens (tertiary/aromatic N) is 6. The van der Waals surface area contributed by atoms with Gasteiger partial charge >= 0.3 is 0 Å². The van der Waals surface area contributed by atoms with Gasteiger partial charge in [0.1, 0.15) is 5.52 Å². The maximum atomic E-state index is 5.25. The van der Waals surface area contributed by atoms with Gasteiger partial charge in [0.05, 0.1) is 16.9 Å². The second-order valence-electron chi connectivity index (χ2n) is 15.1. The van der Waals surface area contributed by atoms with Crippen molar-refractivity contribution in [1.82, 2.24) is 29.9 Å². The third-order valence-corrected chi connectivity index (χ3v) is 11.2. The Hall–Kier alpha value is -8.48. The Morgan fingerprint density at radius 2 is 0.565 bits per heavy atom. The second-order valence-corrected chi connectivity index (χ2v) is 15.1. The molecule has 0 saturated carbocycles. The van der Waals surface area contributed by atoms with Gasteiger partial charge in [-0.2, -0.15) is 0 Å². The van der Waals surface area contributed by atoms with Crippen molar-refractivity contribution >= 4 is 21.8 Å². The molecule has 6 heteroatoms.